The zero-order valence-electron chi connectivity index (χ0n) is 14.2. The largest absolute Gasteiger partial charge is 0.394 e. The fraction of sp³-hybridized carbons (Fsp3) is 0.667. The third-order valence-corrected chi connectivity index (χ3v) is 5.11. The van der Waals surface area contributed by atoms with Gasteiger partial charge in [0.05, 0.1) is 18.8 Å². The van der Waals surface area contributed by atoms with Crippen LogP contribution in [-0.2, 0) is 9.53 Å². The first kappa shape index (κ1) is 20.8. The molecule has 11 heteroatoms. The van der Waals surface area contributed by atoms with Crippen LogP contribution in [0, 0.1) is 0 Å². The molecule has 146 valence electrons. The molecule has 1 fully saturated rings. The van der Waals surface area contributed by atoms with Gasteiger partial charge < -0.3 is 35.8 Å². The van der Waals surface area contributed by atoms with Gasteiger partial charge in [0.2, 0.25) is 5.91 Å². The molecular weight excluding hydrogens is 364 g/mol. The lowest BCUT2D eigenvalue weighted by Gasteiger charge is -2.42. The molecule has 2 heterocycles. The van der Waals surface area contributed by atoms with Gasteiger partial charge in [0.1, 0.15) is 35.9 Å². The molecule has 0 aromatic carbocycles. The molecule has 1 aromatic heterocycles. The maximum absolute atomic E-state index is 11.4. The number of nitrogens with one attached hydrogen (secondary N) is 2. The zero-order valence-corrected chi connectivity index (χ0v) is 15.0. The Hall–Kier alpha value is -1.50. The Labute approximate surface area is 155 Å². The molecule has 6 atom stereocenters. The van der Waals surface area contributed by atoms with Crippen LogP contribution in [0.2, 0.25) is 0 Å². The molecule has 1 amide bonds. The quantitative estimate of drug-likeness (QED) is 0.292. The van der Waals surface area contributed by atoms with E-state index in [2.05, 4.69) is 20.6 Å². The van der Waals surface area contributed by atoms with Gasteiger partial charge in [-0.3, -0.25) is 4.79 Å². The first-order valence-electron chi connectivity index (χ1n) is 8.11. The van der Waals surface area contributed by atoms with Crippen LogP contribution in [0.5, 0.6) is 0 Å². The Morgan fingerprint density at radius 1 is 1.42 bits per heavy atom. The van der Waals surface area contributed by atoms with Gasteiger partial charge in [-0.15, -0.1) is 11.8 Å². The molecule has 26 heavy (non-hydrogen) atoms. The van der Waals surface area contributed by atoms with E-state index in [9.17, 15) is 25.2 Å². The summed E-state index contributed by atoms with van der Waals surface area (Å²) in [5.41, 5.74) is -0.733. The van der Waals surface area contributed by atoms with Gasteiger partial charge in [-0.2, -0.15) is 0 Å². The van der Waals surface area contributed by atoms with Gasteiger partial charge in [-0.1, -0.05) is 0 Å². The van der Waals surface area contributed by atoms with Crippen LogP contribution in [0.3, 0.4) is 0 Å². The molecule has 1 aliphatic rings. The number of hydrogen-bond acceptors (Lipinski definition) is 10. The maximum atomic E-state index is 11.4. The fourth-order valence-electron chi connectivity index (χ4n) is 2.50. The topological polar surface area (TPSA) is 157 Å². The standard InChI is InChI=1S/C15H24N4O6S/c1-8(21)19-12-14(24)13(23)10(5-20)25-15(12)26-6-9(22)4-17-11-2-3-16-7-18-11/h2-3,7,9-10,12-15,20,22-24H,4-6H2,1H3,(H,19,21)(H,16,17,18). The highest BCUT2D eigenvalue weighted by molar-refractivity contribution is 7.99. The van der Waals surface area contributed by atoms with Crippen LogP contribution in [0.25, 0.3) is 0 Å². The Morgan fingerprint density at radius 2 is 2.19 bits per heavy atom. The summed E-state index contributed by atoms with van der Waals surface area (Å²) in [5, 5.41) is 45.1. The number of hydrogen-bond donors (Lipinski definition) is 6. The van der Waals surface area contributed by atoms with Gasteiger partial charge in [0.15, 0.2) is 0 Å². The van der Waals surface area contributed by atoms with Gasteiger partial charge in [-0.05, 0) is 6.07 Å². The van der Waals surface area contributed by atoms with Crippen molar-refractivity contribution >= 4 is 23.5 Å². The number of aliphatic hydroxyl groups is 4. The number of anilines is 1. The second kappa shape index (κ2) is 10.00. The van der Waals surface area contributed by atoms with E-state index in [1.165, 1.54) is 25.0 Å². The molecular formula is C15H24N4O6S. The van der Waals surface area contributed by atoms with E-state index in [0.29, 0.717) is 5.82 Å². The van der Waals surface area contributed by atoms with Crippen LogP contribution >= 0.6 is 11.8 Å². The van der Waals surface area contributed by atoms with Gasteiger partial charge in [0, 0.05) is 25.4 Å². The van der Waals surface area contributed by atoms with E-state index in [0.717, 1.165) is 0 Å². The number of aromatic nitrogens is 2. The summed E-state index contributed by atoms with van der Waals surface area (Å²) in [7, 11) is 0. The summed E-state index contributed by atoms with van der Waals surface area (Å²) in [6, 6.07) is 0.804. The lowest BCUT2D eigenvalue weighted by Crippen LogP contribution is -2.63. The second-order valence-electron chi connectivity index (χ2n) is 5.90. The number of rotatable bonds is 8. The van der Waals surface area contributed by atoms with Crippen molar-refractivity contribution in [3.63, 3.8) is 0 Å². The Kier molecular flexibility index (Phi) is 8.00. The molecule has 0 aliphatic carbocycles. The smallest absolute Gasteiger partial charge is 0.217 e. The van der Waals surface area contributed by atoms with E-state index < -0.39 is 42.5 Å². The van der Waals surface area contributed by atoms with Crippen molar-refractivity contribution in [2.75, 3.05) is 24.2 Å². The third kappa shape index (κ3) is 5.76. The average Bonchev–Trinajstić information content (AvgIpc) is 2.63. The first-order valence-corrected chi connectivity index (χ1v) is 9.16. The predicted molar refractivity (Wildman–Crippen MR) is 94.4 cm³/mol. The summed E-state index contributed by atoms with van der Waals surface area (Å²) in [4.78, 5) is 19.1. The summed E-state index contributed by atoms with van der Waals surface area (Å²) >= 11 is 1.17. The molecule has 2 rings (SSSR count). The van der Waals surface area contributed by atoms with E-state index >= 15 is 0 Å². The fourth-order valence-corrected chi connectivity index (χ4v) is 3.68. The molecule has 10 nitrogen and oxygen atoms in total. The number of thioether (sulfide) groups is 1. The molecule has 1 aliphatic heterocycles. The number of amides is 1. The minimum atomic E-state index is -1.32. The summed E-state index contributed by atoms with van der Waals surface area (Å²) < 4.78 is 5.58. The normalized spacial score (nSPS) is 29.8. The number of carbonyl (C=O) groups is 1. The Morgan fingerprint density at radius 3 is 2.81 bits per heavy atom. The van der Waals surface area contributed by atoms with E-state index in [-0.39, 0.29) is 18.2 Å². The molecule has 6 N–H and O–H groups in total. The predicted octanol–water partition coefficient (Wildman–Crippen LogP) is -2.07. The molecule has 1 saturated heterocycles. The summed E-state index contributed by atoms with van der Waals surface area (Å²) in [6.07, 6.45) is -1.38. The van der Waals surface area contributed by atoms with Gasteiger partial charge in [0.25, 0.3) is 0 Å². The van der Waals surface area contributed by atoms with Crippen molar-refractivity contribution in [1.29, 1.82) is 0 Å². The van der Waals surface area contributed by atoms with Crippen molar-refractivity contribution in [1.82, 2.24) is 15.3 Å². The molecule has 0 radical (unpaired) electrons. The Bertz CT molecular complexity index is 568. The van der Waals surface area contributed by atoms with Crippen molar-refractivity contribution in [3.8, 4) is 0 Å². The number of nitrogens with zero attached hydrogens (tertiary/aromatic N) is 2. The van der Waals surface area contributed by atoms with E-state index in [4.69, 9.17) is 4.74 Å². The van der Waals surface area contributed by atoms with Crippen LogP contribution < -0.4 is 10.6 Å². The third-order valence-electron chi connectivity index (χ3n) is 3.80. The van der Waals surface area contributed by atoms with Crippen molar-refractivity contribution in [2.45, 2.75) is 42.8 Å². The van der Waals surface area contributed by atoms with Crippen LogP contribution in [0.4, 0.5) is 5.82 Å². The summed E-state index contributed by atoms with van der Waals surface area (Å²) in [6.45, 7) is 1.05. The lowest BCUT2D eigenvalue weighted by molar-refractivity contribution is -0.173. The SMILES string of the molecule is CC(=O)NC1C(SCC(O)CNc2ccncn2)OC(CO)C(O)C1O. The molecule has 0 bridgehead atoms. The second-order valence-corrected chi connectivity index (χ2v) is 7.03. The molecule has 0 saturated carbocycles. The van der Waals surface area contributed by atoms with Crippen LogP contribution in [0.15, 0.2) is 18.6 Å². The highest BCUT2D eigenvalue weighted by atomic mass is 32.2. The van der Waals surface area contributed by atoms with Gasteiger partial charge >= 0.3 is 0 Å². The highest BCUT2D eigenvalue weighted by Gasteiger charge is 2.44. The minimum absolute atomic E-state index is 0.232. The minimum Gasteiger partial charge on any atom is -0.394 e. The number of ether oxygens (including phenoxy) is 1. The summed E-state index contributed by atoms with van der Waals surface area (Å²) in [5.74, 6) is 0.427. The number of carbonyl (C=O) groups excluding carboxylic acids is 1. The van der Waals surface area contributed by atoms with E-state index in [1.807, 2.05) is 0 Å². The molecule has 6 unspecified atom stereocenters. The Balaban J connectivity index is 1.90. The monoisotopic (exact) mass is 388 g/mol. The maximum Gasteiger partial charge on any atom is 0.217 e. The highest BCUT2D eigenvalue weighted by Crippen LogP contribution is 2.29. The average molecular weight is 388 g/mol. The first-order chi connectivity index (χ1) is 12.4. The number of aliphatic hydroxyl groups excluding tert-OH is 4. The van der Waals surface area contributed by atoms with Crippen molar-refractivity contribution in [2.24, 2.45) is 0 Å². The lowest BCUT2D eigenvalue weighted by atomic mass is 9.98. The van der Waals surface area contributed by atoms with Gasteiger partial charge in [-0.25, -0.2) is 9.97 Å². The van der Waals surface area contributed by atoms with Crippen molar-refractivity contribution in [3.05, 3.63) is 18.6 Å². The molecule has 0 spiro atoms. The van der Waals surface area contributed by atoms with Crippen LogP contribution in [-0.4, -0.2) is 91.1 Å². The zero-order chi connectivity index (χ0) is 19.1. The van der Waals surface area contributed by atoms with Crippen LogP contribution in [0.1, 0.15) is 6.92 Å². The van der Waals surface area contributed by atoms with Crippen molar-refractivity contribution < 1.29 is 30.0 Å². The molecule has 1 aromatic rings. The van der Waals surface area contributed by atoms with E-state index in [1.54, 1.807) is 12.3 Å².